The molecule has 5 aromatic rings. The van der Waals surface area contributed by atoms with Crippen molar-refractivity contribution in [3.05, 3.63) is 99.6 Å². The van der Waals surface area contributed by atoms with E-state index in [0.717, 1.165) is 17.7 Å². The van der Waals surface area contributed by atoms with Gasteiger partial charge in [-0.3, -0.25) is 19.4 Å². The van der Waals surface area contributed by atoms with E-state index in [-0.39, 0.29) is 35.6 Å². The van der Waals surface area contributed by atoms with Gasteiger partial charge >= 0.3 is 0 Å². The van der Waals surface area contributed by atoms with E-state index in [0.29, 0.717) is 45.0 Å². The first-order chi connectivity index (χ1) is 22.9. The number of amides is 2. The number of carbonyl (C=O) groups excluding carboxylic acids is 2. The predicted octanol–water partition coefficient (Wildman–Crippen LogP) is 5.93. The predicted molar refractivity (Wildman–Crippen MR) is 158 cm³/mol. The SMILES string of the molecule is CN(C(=O)Cn1nc(C(F)F)c2c1C(F)(F)C1CC21)C(Cc1cc(F)cc(F)c1)c1nc2cn[nH]c2cc1-c1ccc2c(c1)CNC2=O. The van der Waals surface area contributed by atoms with Gasteiger partial charge in [0.1, 0.15) is 35.1 Å². The third kappa shape index (κ3) is 4.73. The molecule has 2 aliphatic carbocycles. The molecule has 3 aromatic heterocycles. The lowest BCUT2D eigenvalue weighted by atomic mass is 9.92. The molecule has 9 nitrogen and oxygen atoms in total. The third-order valence-electron chi connectivity index (χ3n) is 9.53. The summed E-state index contributed by atoms with van der Waals surface area (Å²) < 4.78 is 87.8. The van der Waals surface area contributed by atoms with Crippen LogP contribution < -0.4 is 5.32 Å². The largest absolute Gasteiger partial charge is 0.348 e. The van der Waals surface area contributed by atoms with E-state index in [9.17, 15) is 27.2 Å². The van der Waals surface area contributed by atoms with Crippen molar-refractivity contribution in [2.45, 2.75) is 50.2 Å². The van der Waals surface area contributed by atoms with Crippen LogP contribution in [-0.2, 0) is 30.2 Å². The van der Waals surface area contributed by atoms with Gasteiger partial charge < -0.3 is 10.2 Å². The van der Waals surface area contributed by atoms with Gasteiger partial charge in [0.15, 0.2) is 0 Å². The van der Waals surface area contributed by atoms with Crippen molar-refractivity contribution in [1.82, 2.24) is 35.2 Å². The van der Waals surface area contributed by atoms with Crippen molar-refractivity contribution in [3.8, 4) is 11.1 Å². The summed E-state index contributed by atoms with van der Waals surface area (Å²) in [6, 6.07) is 8.78. The summed E-state index contributed by atoms with van der Waals surface area (Å²) in [5.41, 5.74) is 2.13. The zero-order valence-electron chi connectivity index (χ0n) is 25.1. The van der Waals surface area contributed by atoms with Gasteiger partial charge in [-0.1, -0.05) is 6.07 Å². The Labute approximate surface area is 267 Å². The minimum absolute atomic E-state index is 0.0728. The highest BCUT2D eigenvalue weighted by Gasteiger charge is 2.67. The standard InChI is InChI=1S/C33H25F6N7O2/c1-45(26(47)13-46-30-27(29(44-46)31(36)37)21-9-22(21)33(30,38)39)25(6-14-4-17(34)8-18(35)5-14)28-20(10-23-24(42-28)12-41-43-23)15-2-3-19-16(7-15)11-40-32(19)48/h2-5,7-8,10,12,21-22,25,31H,6,9,11,13H2,1H3,(H,40,48)(H,41,43). The normalized spacial score (nSPS) is 19.3. The van der Waals surface area contributed by atoms with Gasteiger partial charge in [0.2, 0.25) is 5.91 Å². The summed E-state index contributed by atoms with van der Waals surface area (Å²) in [5.74, 6) is -7.96. The fourth-order valence-electron chi connectivity index (χ4n) is 7.14. The topological polar surface area (TPSA) is 109 Å². The first-order valence-electron chi connectivity index (χ1n) is 15.1. The Hall–Kier alpha value is -5.21. The number of nitrogens with zero attached hydrogens (tertiary/aromatic N) is 5. The minimum atomic E-state index is -3.43. The van der Waals surface area contributed by atoms with E-state index in [1.807, 2.05) is 0 Å². The number of nitrogens with one attached hydrogen (secondary N) is 2. The van der Waals surface area contributed by atoms with Gasteiger partial charge in [-0.05, 0) is 65.8 Å². The molecule has 2 aromatic carbocycles. The Kier molecular flexibility index (Phi) is 6.69. The van der Waals surface area contributed by atoms with Crippen molar-refractivity contribution >= 4 is 22.8 Å². The fourth-order valence-corrected chi connectivity index (χ4v) is 7.14. The van der Waals surface area contributed by atoms with Crippen molar-refractivity contribution in [3.63, 3.8) is 0 Å². The van der Waals surface area contributed by atoms with Crippen LogP contribution in [0.5, 0.6) is 0 Å². The molecule has 0 radical (unpaired) electrons. The highest BCUT2D eigenvalue weighted by Crippen LogP contribution is 2.68. The number of carbonyl (C=O) groups is 2. The fraction of sp³-hybridized carbons (Fsp3) is 0.303. The maximum atomic E-state index is 15.3. The molecule has 0 bridgehead atoms. The minimum Gasteiger partial charge on any atom is -0.348 e. The van der Waals surface area contributed by atoms with Crippen molar-refractivity contribution in [2.24, 2.45) is 5.92 Å². The van der Waals surface area contributed by atoms with Crippen LogP contribution in [0.2, 0.25) is 0 Å². The summed E-state index contributed by atoms with van der Waals surface area (Å²) in [7, 11) is 1.38. The quantitative estimate of drug-likeness (QED) is 0.200. The molecule has 2 N–H and O–H groups in total. The van der Waals surface area contributed by atoms with Crippen molar-refractivity contribution in [2.75, 3.05) is 7.05 Å². The molecule has 2 amide bonds. The van der Waals surface area contributed by atoms with E-state index in [1.165, 1.54) is 18.1 Å². The van der Waals surface area contributed by atoms with Crippen LogP contribution in [-0.4, -0.2) is 48.7 Å². The number of rotatable bonds is 8. The van der Waals surface area contributed by atoms with Crippen molar-refractivity contribution < 1.29 is 35.9 Å². The number of likely N-dealkylation sites (N-methyl/N-ethyl adjacent to an activating group) is 1. The Morgan fingerprint density at radius 2 is 1.85 bits per heavy atom. The molecule has 1 fully saturated rings. The van der Waals surface area contributed by atoms with E-state index >= 15 is 8.78 Å². The molecule has 3 aliphatic rings. The first-order valence-corrected chi connectivity index (χ1v) is 15.1. The molecule has 0 saturated heterocycles. The molecule has 8 rings (SSSR count). The lowest BCUT2D eigenvalue weighted by Gasteiger charge is -2.30. The van der Waals surface area contributed by atoms with Gasteiger partial charge in [0.25, 0.3) is 18.3 Å². The van der Waals surface area contributed by atoms with Crippen LogP contribution in [0.3, 0.4) is 0 Å². The van der Waals surface area contributed by atoms with E-state index in [1.54, 1.807) is 24.3 Å². The molecule has 0 spiro atoms. The smallest absolute Gasteiger partial charge is 0.293 e. The zero-order valence-corrected chi connectivity index (χ0v) is 25.1. The number of aromatic nitrogens is 5. The Morgan fingerprint density at radius 3 is 2.60 bits per heavy atom. The monoisotopic (exact) mass is 665 g/mol. The molecule has 1 aliphatic heterocycles. The number of hydrogen-bond acceptors (Lipinski definition) is 5. The number of H-pyrrole nitrogens is 1. The Morgan fingerprint density at radius 1 is 1.08 bits per heavy atom. The second-order valence-corrected chi connectivity index (χ2v) is 12.5. The van der Waals surface area contributed by atoms with Crippen LogP contribution in [0.15, 0.2) is 48.7 Å². The summed E-state index contributed by atoms with van der Waals surface area (Å²) in [4.78, 5) is 32.2. The summed E-state index contributed by atoms with van der Waals surface area (Å²) in [6.45, 7) is -0.493. The number of halogens is 6. The second kappa shape index (κ2) is 10.7. The highest BCUT2D eigenvalue weighted by atomic mass is 19.3. The van der Waals surface area contributed by atoms with E-state index in [2.05, 4.69) is 20.6 Å². The molecule has 4 heterocycles. The zero-order chi connectivity index (χ0) is 33.6. The number of fused-ring (bicyclic) bond motifs is 5. The molecule has 48 heavy (non-hydrogen) atoms. The molecule has 15 heteroatoms. The van der Waals surface area contributed by atoms with Crippen molar-refractivity contribution in [1.29, 1.82) is 0 Å². The molecular formula is C33H25F6N7O2. The molecule has 3 atom stereocenters. The maximum absolute atomic E-state index is 15.3. The summed E-state index contributed by atoms with van der Waals surface area (Å²) in [6.07, 6.45) is -1.74. The van der Waals surface area contributed by atoms with E-state index < -0.39 is 65.7 Å². The Balaban J connectivity index is 1.23. The molecular weight excluding hydrogens is 640 g/mol. The van der Waals surface area contributed by atoms with E-state index in [4.69, 9.17) is 4.98 Å². The van der Waals surface area contributed by atoms with Gasteiger partial charge in [-0.15, -0.1) is 0 Å². The van der Waals surface area contributed by atoms with Crippen LogP contribution in [0.25, 0.3) is 22.2 Å². The third-order valence-corrected chi connectivity index (χ3v) is 9.53. The maximum Gasteiger partial charge on any atom is 0.293 e. The average Bonchev–Trinajstić information content (AvgIpc) is 3.27. The first kappa shape index (κ1) is 30.1. The number of benzene rings is 2. The summed E-state index contributed by atoms with van der Waals surface area (Å²) >= 11 is 0. The van der Waals surface area contributed by atoms with Gasteiger partial charge in [-0.25, -0.2) is 22.5 Å². The van der Waals surface area contributed by atoms with Crippen LogP contribution in [0.4, 0.5) is 26.3 Å². The second-order valence-electron chi connectivity index (χ2n) is 12.5. The lowest BCUT2D eigenvalue weighted by molar-refractivity contribution is -0.133. The number of aromatic amines is 1. The molecule has 3 unspecified atom stereocenters. The Bertz CT molecular complexity index is 2140. The van der Waals surface area contributed by atoms with Gasteiger partial charge in [0.05, 0.1) is 23.4 Å². The van der Waals surface area contributed by atoms with Gasteiger partial charge in [-0.2, -0.15) is 19.0 Å². The molecule has 1 saturated carbocycles. The number of hydrogen-bond donors (Lipinski definition) is 2. The lowest BCUT2D eigenvalue weighted by Crippen LogP contribution is -2.37. The van der Waals surface area contributed by atoms with Crippen LogP contribution >= 0.6 is 0 Å². The highest BCUT2D eigenvalue weighted by molar-refractivity contribution is 5.99. The number of pyridine rings is 1. The van der Waals surface area contributed by atoms with Crippen LogP contribution in [0, 0.1) is 17.6 Å². The number of alkyl halides is 4. The summed E-state index contributed by atoms with van der Waals surface area (Å²) in [5, 5.41) is 13.4. The van der Waals surface area contributed by atoms with Crippen LogP contribution in [0.1, 0.15) is 68.9 Å². The average molecular weight is 666 g/mol. The molecule has 246 valence electrons. The van der Waals surface area contributed by atoms with Gasteiger partial charge in [0, 0.05) is 42.3 Å².